The Labute approximate surface area is 120 Å². The van der Waals surface area contributed by atoms with E-state index in [1.165, 1.54) is 6.42 Å². The van der Waals surface area contributed by atoms with E-state index in [9.17, 15) is 4.79 Å². The molecule has 1 aromatic carbocycles. The van der Waals surface area contributed by atoms with Crippen molar-refractivity contribution in [2.45, 2.75) is 39.0 Å². The third kappa shape index (κ3) is 3.73. The number of benzene rings is 1. The molecule has 0 unspecified atom stereocenters. The molecule has 1 saturated carbocycles. The second kappa shape index (κ2) is 6.75. The summed E-state index contributed by atoms with van der Waals surface area (Å²) < 4.78 is 5.41. The van der Waals surface area contributed by atoms with E-state index < -0.39 is 0 Å². The molecular formula is C16H24N2O2. The van der Waals surface area contributed by atoms with Crippen LogP contribution in [0.5, 0.6) is 5.75 Å². The van der Waals surface area contributed by atoms with Crippen LogP contribution >= 0.6 is 0 Å². The Morgan fingerprint density at radius 1 is 1.25 bits per heavy atom. The Morgan fingerprint density at radius 2 is 1.90 bits per heavy atom. The van der Waals surface area contributed by atoms with E-state index in [4.69, 9.17) is 10.5 Å². The molecule has 110 valence electrons. The van der Waals surface area contributed by atoms with Gasteiger partial charge in [-0.2, -0.15) is 0 Å². The Bertz CT molecular complexity index is 436. The molecule has 1 aliphatic rings. The number of ether oxygens (including phenoxy) is 1. The van der Waals surface area contributed by atoms with E-state index in [1.54, 1.807) is 0 Å². The maximum absolute atomic E-state index is 12.4. The van der Waals surface area contributed by atoms with Crippen LogP contribution in [0.25, 0.3) is 0 Å². The first-order valence-electron chi connectivity index (χ1n) is 7.38. The number of nitrogens with one attached hydrogen (secondary N) is 1. The predicted octanol–water partition coefficient (Wildman–Crippen LogP) is 2.93. The summed E-state index contributed by atoms with van der Waals surface area (Å²) in [4.78, 5) is 12.4. The van der Waals surface area contributed by atoms with Crippen molar-refractivity contribution in [2.24, 2.45) is 11.1 Å². The van der Waals surface area contributed by atoms with Gasteiger partial charge in [-0.15, -0.1) is 0 Å². The number of anilines is 1. The first-order valence-corrected chi connectivity index (χ1v) is 7.38. The lowest BCUT2D eigenvalue weighted by Crippen LogP contribution is -2.35. The van der Waals surface area contributed by atoms with Gasteiger partial charge in [-0.05, 0) is 37.1 Å². The zero-order valence-electron chi connectivity index (χ0n) is 12.2. The molecule has 4 heteroatoms. The molecule has 0 spiro atoms. The van der Waals surface area contributed by atoms with Crippen molar-refractivity contribution in [3.63, 3.8) is 0 Å². The summed E-state index contributed by atoms with van der Waals surface area (Å²) in [5.41, 5.74) is 5.99. The molecule has 1 aliphatic carbocycles. The minimum atomic E-state index is -0.215. The van der Waals surface area contributed by atoms with Gasteiger partial charge in [0.15, 0.2) is 0 Å². The van der Waals surface area contributed by atoms with E-state index in [2.05, 4.69) is 12.2 Å². The van der Waals surface area contributed by atoms with E-state index >= 15 is 0 Å². The average Bonchev–Trinajstić information content (AvgIpc) is 2.47. The van der Waals surface area contributed by atoms with Gasteiger partial charge in [0.2, 0.25) is 5.91 Å². The zero-order valence-corrected chi connectivity index (χ0v) is 12.2. The van der Waals surface area contributed by atoms with Crippen molar-refractivity contribution < 1.29 is 9.53 Å². The molecule has 0 atom stereocenters. The topological polar surface area (TPSA) is 64.3 Å². The van der Waals surface area contributed by atoms with Gasteiger partial charge >= 0.3 is 0 Å². The number of amides is 1. The first-order chi connectivity index (χ1) is 9.64. The standard InChI is InChI=1S/C16H24N2O2/c1-16(9-3-2-4-10-16)15(19)18-13-5-7-14(8-6-13)20-12-11-17/h5-8H,2-4,9-12,17H2,1H3,(H,18,19). The Morgan fingerprint density at radius 3 is 2.50 bits per heavy atom. The van der Waals surface area contributed by atoms with Crippen LogP contribution in [-0.2, 0) is 4.79 Å². The van der Waals surface area contributed by atoms with Gasteiger partial charge < -0.3 is 15.8 Å². The van der Waals surface area contributed by atoms with Crippen LogP contribution in [0, 0.1) is 5.41 Å². The summed E-state index contributed by atoms with van der Waals surface area (Å²) in [6.07, 6.45) is 5.51. The second-order valence-corrected chi connectivity index (χ2v) is 5.74. The summed E-state index contributed by atoms with van der Waals surface area (Å²) in [5, 5.41) is 3.02. The lowest BCUT2D eigenvalue weighted by molar-refractivity contribution is -0.126. The largest absolute Gasteiger partial charge is 0.492 e. The molecular weight excluding hydrogens is 252 g/mol. The van der Waals surface area contributed by atoms with Gasteiger partial charge in [0.1, 0.15) is 12.4 Å². The van der Waals surface area contributed by atoms with Crippen molar-refractivity contribution in [2.75, 3.05) is 18.5 Å². The highest BCUT2D eigenvalue weighted by atomic mass is 16.5. The summed E-state index contributed by atoms with van der Waals surface area (Å²) in [7, 11) is 0. The minimum absolute atomic E-state index is 0.132. The van der Waals surface area contributed by atoms with Crippen LogP contribution in [-0.4, -0.2) is 19.1 Å². The second-order valence-electron chi connectivity index (χ2n) is 5.74. The summed E-state index contributed by atoms with van der Waals surface area (Å²) in [6, 6.07) is 7.45. The molecule has 0 saturated heterocycles. The molecule has 0 aliphatic heterocycles. The van der Waals surface area contributed by atoms with Crippen LogP contribution in [0.3, 0.4) is 0 Å². The van der Waals surface area contributed by atoms with Crippen LogP contribution < -0.4 is 15.8 Å². The smallest absolute Gasteiger partial charge is 0.230 e. The zero-order chi connectivity index (χ0) is 14.4. The number of hydrogen-bond donors (Lipinski definition) is 2. The average molecular weight is 276 g/mol. The van der Waals surface area contributed by atoms with Crippen molar-refractivity contribution in [1.82, 2.24) is 0 Å². The molecule has 1 fully saturated rings. The molecule has 2 rings (SSSR count). The normalized spacial score (nSPS) is 17.5. The molecule has 0 heterocycles. The van der Waals surface area contributed by atoms with Gasteiger partial charge in [0.25, 0.3) is 0 Å². The molecule has 1 amide bonds. The SMILES string of the molecule is CC1(C(=O)Nc2ccc(OCCN)cc2)CCCCC1. The predicted molar refractivity (Wildman–Crippen MR) is 80.8 cm³/mol. The third-order valence-corrected chi connectivity index (χ3v) is 4.00. The third-order valence-electron chi connectivity index (χ3n) is 4.00. The fourth-order valence-electron chi connectivity index (χ4n) is 2.65. The summed E-state index contributed by atoms with van der Waals surface area (Å²) >= 11 is 0. The van der Waals surface area contributed by atoms with Gasteiger partial charge in [-0.25, -0.2) is 0 Å². The highest BCUT2D eigenvalue weighted by Crippen LogP contribution is 2.36. The van der Waals surface area contributed by atoms with Gasteiger partial charge in [0.05, 0.1) is 0 Å². The van der Waals surface area contributed by atoms with E-state index in [1.807, 2.05) is 24.3 Å². The Hall–Kier alpha value is -1.55. The lowest BCUT2D eigenvalue weighted by Gasteiger charge is -2.32. The number of hydrogen-bond acceptors (Lipinski definition) is 3. The highest BCUT2D eigenvalue weighted by Gasteiger charge is 2.34. The Kier molecular flexibility index (Phi) is 5.01. The molecule has 4 nitrogen and oxygen atoms in total. The summed E-state index contributed by atoms with van der Waals surface area (Å²) in [5.74, 6) is 0.908. The molecule has 0 aromatic heterocycles. The number of carbonyl (C=O) groups is 1. The first kappa shape index (κ1) is 14.9. The van der Waals surface area contributed by atoms with Gasteiger partial charge in [0, 0.05) is 17.6 Å². The van der Waals surface area contributed by atoms with E-state index in [0.29, 0.717) is 13.2 Å². The lowest BCUT2D eigenvalue weighted by atomic mass is 9.75. The maximum Gasteiger partial charge on any atom is 0.230 e. The van der Waals surface area contributed by atoms with Crippen molar-refractivity contribution >= 4 is 11.6 Å². The molecule has 20 heavy (non-hydrogen) atoms. The van der Waals surface area contributed by atoms with Crippen LogP contribution in [0.4, 0.5) is 5.69 Å². The highest BCUT2D eigenvalue weighted by molar-refractivity contribution is 5.95. The van der Waals surface area contributed by atoms with E-state index in [0.717, 1.165) is 37.1 Å². The fraction of sp³-hybridized carbons (Fsp3) is 0.562. The monoisotopic (exact) mass is 276 g/mol. The van der Waals surface area contributed by atoms with Gasteiger partial charge in [-0.1, -0.05) is 26.2 Å². The van der Waals surface area contributed by atoms with Crippen molar-refractivity contribution in [3.8, 4) is 5.75 Å². The quantitative estimate of drug-likeness (QED) is 0.869. The molecule has 0 bridgehead atoms. The van der Waals surface area contributed by atoms with Crippen LogP contribution in [0.2, 0.25) is 0 Å². The van der Waals surface area contributed by atoms with E-state index in [-0.39, 0.29) is 11.3 Å². The maximum atomic E-state index is 12.4. The van der Waals surface area contributed by atoms with Crippen molar-refractivity contribution in [3.05, 3.63) is 24.3 Å². The van der Waals surface area contributed by atoms with Gasteiger partial charge in [-0.3, -0.25) is 4.79 Å². The molecule has 1 aromatic rings. The van der Waals surface area contributed by atoms with Crippen molar-refractivity contribution in [1.29, 1.82) is 0 Å². The Balaban J connectivity index is 1.93. The molecule has 3 N–H and O–H groups in total. The van der Waals surface area contributed by atoms with Crippen LogP contribution in [0.15, 0.2) is 24.3 Å². The molecule has 0 radical (unpaired) electrons. The minimum Gasteiger partial charge on any atom is -0.492 e. The fourth-order valence-corrected chi connectivity index (χ4v) is 2.65. The summed E-state index contributed by atoms with van der Waals surface area (Å²) in [6.45, 7) is 3.07. The van der Waals surface area contributed by atoms with Crippen LogP contribution in [0.1, 0.15) is 39.0 Å². The number of nitrogens with two attached hydrogens (primary N) is 1. The number of rotatable bonds is 5. The number of carbonyl (C=O) groups excluding carboxylic acids is 1.